The van der Waals surface area contributed by atoms with E-state index in [1.807, 2.05) is 50.2 Å². The lowest BCUT2D eigenvalue weighted by Crippen LogP contribution is -2.36. The lowest BCUT2D eigenvalue weighted by molar-refractivity contribution is 0.0985. The lowest BCUT2D eigenvalue weighted by Gasteiger charge is -2.22. The van der Waals surface area contributed by atoms with Gasteiger partial charge >= 0.3 is 0 Å². The molecular weight excluding hydrogens is 544 g/mol. The van der Waals surface area contributed by atoms with Gasteiger partial charge in [-0.2, -0.15) is 0 Å². The van der Waals surface area contributed by atoms with Crippen molar-refractivity contribution in [2.24, 2.45) is 0 Å². The summed E-state index contributed by atoms with van der Waals surface area (Å²) < 4.78 is 34.1. The second-order valence-corrected chi connectivity index (χ2v) is 11.6. The van der Waals surface area contributed by atoms with E-state index in [0.29, 0.717) is 41.8 Å². The summed E-state index contributed by atoms with van der Waals surface area (Å²) in [6.07, 6.45) is 0. The van der Waals surface area contributed by atoms with Crippen molar-refractivity contribution in [3.8, 4) is 5.75 Å². The monoisotopic (exact) mass is 574 g/mol. The molecule has 0 spiro atoms. The fourth-order valence-corrected chi connectivity index (χ4v) is 5.95. The van der Waals surface area contributed by atoms with Crippen molar-refractivity contribution in [3.05, 3.63) is 78.4 Å². The number of likely N-dealkylation sites (N-methyl/N-ethyl adjacent to an activating group) is 1. The second-order valence-electron chi connectivity index (χ2n) is 8.62. The Bertz CT molecular complexity index is 1480. The predicted octanol–water partition coefficient (Wildman–Crippen LogP) is 5.15. The molecule has 202 valence electrons. The predicted molar refractivity (Wildman–Crippen MR) is 157 cm³/mol. The molecule has 4 rings (SSSR count). The summed E-state index contributed by atoms with van der Waals surface area (Å²) in [5.41, 5.74) is 1.65. The number of anilines is 2. The van der Waals surface area contributed by atoms with Gasteiger partial charge in [-0.25, -0.2) is 13.4 Å². The molecule has 0 radical (unpaired) electrons. The minimum atomic E-state index is -3.78. The number of rotatable bonds is 10. The molecule has 0 atom stereocenters. The van der Waals surface area contributed by atoms with Crippen molar-refractivity contribution in [3.63, 3.8) is 0 Å². The van der Waals surface area contributed by atoms with Gasteiger partial charge in [-0.15, -0.1) is 12.4 Å². The fourth-order valence-electron chi connectivity index (χ4n) is 3.74. The standard InChI is InChI=1S/C27H30N4O4S2.ClH/c1-5-35-23-12-9-13-24-25(23)28-27(36-24)31(19-18-29(2)3)26(32)20-14-16-22(17-15-20)37(33,34)30(4)21-10-7-6-8-11-21;/h6-17H,5,18-19H2,1-4H3;1H. The van der Waals surface area contributed by atoms with Gasteiger partial charge in [-0.05, 0) is 69.6 Å². The average molecular weight is 575 g/mol. The summed E-state index contributed by atoms with van der Waals surface area (Å²) in [4.78, 5) is 22.1. The first-order valence-electron chi connectivity index (χ1n) is 11.9. The zero-order valence-electron chi connectivity index (χ0n) is 21.7. The summed E-state index contributed by atoms with van der Waals surface area (Å²) >= 11 is 1.42. The van der Waals surface area contributed by atoms with Crippen molar-refractivity contribution in [2.45, 2.75) is 11.8 Å². The maximum atomic E-state index is 13.6. The number of hydrogen-bond donors (Lipinski definition) is 0. The highest BCUT2D eigenvalue weighted by Gasteiger charge is 2.25. The van der Waals surface area contributed by atoms with E-state index in [4.69, 9.17) is 9.72 Å². The van der Waals surface area contributed by atoms with Crippen LogP contribution >= 0.6 is 23.7 Å². The third kappa shape index (κ3) is 6.27. The average Bonchev–Trinajstić information content (AvgIpc) is 3.34. The maximum absolute atomic E-state index is 13.6. The van der Waals surface area contributed by atoms with E-state index in [-0.39, 0.29) is 23.2 Å². The van der Waals surface area contributed by atoms with Crippen LogP contribution in [0.2, 0.25) is 0 Å². The molecule has 0 N–H and O–H groups in total. The van der Waals surface area contributed by atoms with Gasteiger partial charge < -0.3 is 9.64 Å². The number of ether oxygens (including phenoxy) is 1. The molecule has 11 heteroatoms. The van der Waals surface area contributed by atoms with Gasteiger partial charge in [0.1, 0.15) is 11.3 Å². The number of para-hydroxylation sites is 2. The van der Waals surface area contributed by atoms with Crippen LogP contribution in [0.1, 0.15) is 17.3 Å². The van der Waals surface area contributed by atoms with Crippen LogP contribution in [0.4, 0.5) is 10.8 Å². The molecule has 1 amide bonds. The van der Waals surface area contributed by atoms with Crippen LogP contribution in [-0.4, -0.2) is 65.0 Å². The Morgan fingerprint density at radius 2 is 1.61 bits per heavy atom. The molecule has 1 aromatic heterocycles. The van der Waals surface area contributed by atoms with Crippen LogP contribution in [0.25, 0.3) is 10.2 Å². The number of benzene rings is 3. The molecule has 8 nitrogen and oxygen atoms in total. The Labute approximate surface area is 233 Å². The van der Waals surface area contributed by atoms with Crippen molar-refractivity contribution in [2.75, 3.05) is 50.0 Å². The number of thiazole rings is 1. The Morgan fingerprint density at radius 1 is 0.921 bits per heavy atom. The molecule has 0 saturated carbocycles. The maximum Gasteiger partial charge on any atom is 0.264 e. The van der Waals surface area contributed by atoms with Crippen LogP contribution in [0, 0.1) is 0 Å². The van der Waals surface area contributed by atoms with Gasteiger partial charge in [0, 0.05) is 25.7 Å². The molecule has 0 fully saturated rings. The second kappa shape index (κ2) is 12.6. The zero-order chi connectivity index (χ0) is 26.6. The number of carbonyl (C=O) groups is 1. The van der Waals surface area contributed by atoms with E-state index in [9.17, 15) is 13.2 Å². The van der Waals surface area contributed by atoms with E-state index in [1.165, 1.54) is 34.8 Å². The molecular formula is C27H31ClN4O4S2. The highest BCUT2D eigenvalue weighted by Crippen LogP contribution is 2.35. The minimum Gasteiger partial charge on any atom is -0.492 e. The number of amides is 1. The Morgan fingerprint density at radius 3 is 2.24 bits per heavy atom. The molecule has 0 aliphatic heterocycles. The summed E-state index contributed by atoms with van der Waals surface area (Å²) in [6, 6.07) is 20.6. The number of carbonyl (C=O) groups excluding carboxylic acids is 1. The third-order valence-electron chi connectivity index (χ3n) is 5.80. The first kappa shape index (κ1) is 29.4. The summed E-state index contributed by atoms with van der Waals surface area (Å²) in [5.74, 6) is 0.429. The number of sulfonamides is 1. The quantitative estimate of drug-likeness (QED) is 0.260. The molecule has 0 bridgehead atoms. The molecule has 3 aromatic carbocycles. The normalized spacial score (nSPS) is 11.3. The smallest absolute Gasteiger partial charge is 0.264 e. The van der Waals surface area contributed by atoms with Crippen LogP contribution in [0.5, 0.6) is 5.75 Å². The Hall–Kier alpha value is -3.18. The van der Waals surface area contributed by atoms with Gasteiger partial charge in [0.15, 0.2) is 5.13 Å². The van der Waals surface area contributed by atoms with Crippen LogP contribution in [-0.2, 0) is 10.0 Å². The van der Waals surface area contributed by atoms with Crippen LogP contribution in [0.15, 0.2) is 77.7 Å². The number of aromatic nitrogens is 1. The first-order chi connectivity index (χ1) is 17.7. The third-order valence-corrected chi connectivity index (χ3v) is 8.64. The highest BCUT2D eigenvalue weighted by molar-refractivity contribution is 7.92. The van der Waals surface area contributed by atoms with Crippen molar-refractivity contribution in [1.29, 1.82) is 0 Å². The van der Waals surface area contributed by atoms with Crippen LogP contribution in [0.3, 0.4) is 0 Å². The van der Waals surface area contributed by atoms with Crippen LogP contribution < -0.4 is 13.9 Å². The molecule has 0 saturated heterocycles. The largest absolute Gasteiger partial charge is 0.492 e. The van der Waals surface area contributed by atoms with Crippen molar-refractivity contribution in [1.82, 2.24) is 9.88 Å². The number of nitrogens with zero attached hydrogens (tertiary/aromatic N) is 4. The molecule has 0 unspecified atom stereocenters. The van der Waals surface area contributed by atoms with E-state index in [0.717, 1.165) is 10.2 Å². The topological polar surface area (TPSA) is 83.0 Å². The SMILES string of the molecule is CCOc1cccc2sc(N(CCN(C)C)C(=O)c3ccc(S(=O)(=O)N(C)c4ccccc4)cc3)nc12.Cl. The zero-order valence-corrected chi connectivity index (χ0v) is 24.1. The summed E-state index contributed by atoms with van der Waals surface area (Å²) in [6.45, 7) is 3.49. The summed E-state index contributed by atoms with van der Waals surface area (Å²) in [5, 5.41) is 0.564. The number of hydrogen-bond acceptors (Lipinski definition) is 7. The van der Waals surface area contributed by atoms with E-state index in [2.05, 4.69) is 0 Å². The van der Waals surface area contributed by atoms with E-state index >= 15 is 0 Å². The molecule has 0 aliphatic carbocycles. The van der Waals surface area contributed by atoms with Gasteiger partial charge in [0.25, 0.3) is 15.9 Å². The summed E-state index contributed by atoms with van der Waals surface area (Å²) in [7, 11) is 1.61. The minimum absolute atomic E-state index is 0. The van der Waals surface area contributed by atoms with Gasteiger partial charge in [-0.1, -0.05) is 35.6 Å². The first-order valence-corrected chi connectivity index (χ1v) is 14.1. The Balaban J connectivity index is 0.00000400. The molecule has 0 aliphatic rings. The van der Waals surface area contributed by atoms with Gasteiger partial charge in [0.2, 0.25) is 0 Å². The van der Waals surface area contributed by atoms with Crippen molar-refractivity contribution < 1.29 is 17.9 Å². The van der Waals surface area contributed by atoms with Crippen molar-refractivity contribution >= 4 is 60.7 Å². The molecule has 1 heterocycles. The molecule has 4 aromatic rings. The lowest BCUT2D eigenvalue weighted by atomic mass is 10.2. The number of halogens is 1. The fraction of sp³-hybridized carbons (Fsp3) is 0.259. The van der Waals surface area contributed by atoms with Gasteiger partial charge in [0.05, 0.1) is 21.9 Å². The molecule has 38 heavy (non-hydrogen) atoms. The van der Waals surface area contributed by atoms with E-state index in [1.54, 1.807) is 41.3 Å². The van der Waals surface area contributed by atoms with E-state index < -0.39 is 10.0 Å². The number of fused-ring (bicyclic) bond motifs is 1. The highest BCUT2D eigenvalue weighted by atomic mass is 35.5. The van der Waals surface area contributed by atoms with Gasteiger partial charge in [-0.3, -0.25) is 14.0 Å². The Kier molecular flexibility index (Phi) is 9.72.